The summed E-state index contributed by atoms with van der Waals surface area (Å²) >= 11 is 0. The number of fused-ring (bicyclic) bond motifs is 2. The summed E-state index contributed by atoms with van der Waals surface area (Å²) in [7, 11) is 0. The van der Waals surface area contributed by atoms with E-state index in [1.54, 1.807) is 30.5 Å². The van der Waals surface area contributed by atoms with Crippen molar-refractivity contribution in [2.45, 2.75) is 6.42 Å². The van der Waals surface area contributed by atoms with Crippen molar-refractivity contribution in [1.82, 2.24) is 9.88 Å². The second-order valence-electron chi connectivity index (χ2n) is 5.73. The number of nitrogens with one attached hydrogen (secondary N) is 1. The van der Waals surface area contributed by atoms with E-state index in [2.05, 4.69) is 4.98 Å². The number of H-pyrrole nitrogens is 1. The molecule has 0 bridgehead atoms. The Hall–Kier alpha value is -3.21. The van der Waals surface area contributed by atoms with E-state index >= 15 is 0 Å². The summed E-state index contributed by atoms with van der Waals surface area (Å²) in [6.45, 7) is 0.0880. The van der Waals surface area contributed by atoms with Gasteiger partial charge in [0.25, 0.3) is 11.8 Å². The highest BCUT2D eigenvalue weighted by Crippen LogP contribution is 2.24. The second-order valence-corrected chi connectivity index (χ2v) is 5.73. The van der Waals surface area contributed by atoms with Crippen LogP contribution in [0.25, 0.3) is 10.9 Å². The first kappa shape index (κ1) is 14.4. The van der Waals surface area contributed by atoms with E-state index in [-0.39, 0.29) is 30.6 Å². The normalized spacial score (nSPS) is 13.6. The zero-order valence-electron chi connectivity index (χ0n) is 12.8. The lowest BCUT2D eigenvalue weighted by Gasteiger charge is -2.12. The summed E-state index contributed by atoms with van der Waals surface area (Å²) in [5.74, 6) is -0.756. The van der Waals surface area contributed by atoms with Gasteiger partial charge in [-0.1, -0.05) is 30.3 Å². The van der Waals surface area contributed by atoms with Crippen LogP contribution in [-0.4, -0.2) is 34.0 Å². The number of carbonyl (C=O) groups is 3. The second kappa shape index (κ2) is 5.45. The molecule has 24 heavy (non-hydrogen) atoms. The summed E-state index contributed by atoms with van der Waals surface area (Å²) in [6.07, 6.45) is 1.78. The predicted molar refractivity (Wildman–Crippen MR) is 89.1 cm³/mol. The quantitative estimate of drug-likeness (QED) is 0.594. The van der Waals surface area contributed by atoms with Crippen molar-refractivity contribution >= 4 is 28.5 Å². The molecule has 5 heteroatoms. The van der Waals surface area contributed by atoms with Crippen LogP contribution in [0.3, 0.4) is 0 Å². The van der Waals surface area contributed by atoms with Gasteiger partial charge < -0.3 is 4.98 Å². The molecular weight excluding hydrogens is 304 g/mol. The maximum Gasteiger partial charge on any atom is 0.261 e. The van der Waals surface area contributed by atoms with Crippen LogP contribution in [-0.2, 0) is 0 Å². The van der Waals surface area contributed by atoms with Gasteiger partial charge in [0.15, 0.2) is 5.78 Å². The van der Waals surface area contributed by atoms with E-state index < -0.39 is 0 Å². The van der Waals surface area contributed by atoms with Crippen LogP contribution < -0.4 is 0 Å². The molecule has 0 radical (unpaired) electrons. The SMILES string of the molecule is O=C(CCN1C(=O)c2ccccc2C1=O)c1c[nH]c2ccccc12. The van der Waals surface area contributed by atoms with Crippen LogP contribution in [0.15, 0.2) is 54.7 Å². The van der Waals surface area contributed by atoms with Gasteiger partial charge in [-0.15, -0.1) is 0 Å². The average Bonchev–Trinajstić information content (AvgIpc) is 3.14. The number of amides is 2. The first-order chi connectivity index (χ1) is 11.7. The van der Waals surface area contributed by atoms with E-state index in [0.29, 0.717) is 16.7 Å². The topological polar surface area (TPSA) is 70.2 Å². The van der Waals surface area contributed by atoms with Gasteiger partial charge in [0, 0.05) is 35.6 Å². The predicted octanol–water partition coefficient (Wildman–Crippen LogP) is 3.04. The minimum Gasteiger partial charge on any atom is -0.360 e. The van der Waals surface area contributed by atoms with Gasteiger partial charge in [-0.25, -0.2) is 0 Å². The molecule has 0 aliphatic carbocycles. The number of hydrogen-bond donors (Lipinski definition) is 1. The fourth-order valence-electron chi connectivity index (χ4n) is 3.09. The van der Waals surface area contributed by atoms with E-state index in [1.807, 2.05) is 24.3 Å². The molecule has 2 aromatic carbocycles. The van der Waals surface area contributed by atoms with E-state index in [0.717, 1.165) is 15.8 Å². The van der Waals surface area contributed by atoms with Gasteiger partial charge >= 0.3 is 0 Å². The molecule has 2 amide bonds. The number of Topliss-reactive ketones (excluding diaryl/α,β-unsaturated/α-hetero) is 1. The fourth-order valence-corrected chi connectivity index (χ4v) is 3.09. The summed E-state index contributed by atoms with van der Waals surface area (Å²) in [4.78, 5) is 41.3. The molecular formula is C19H14N2O3. The monoisotopic (exact) mass is 318 g/mol. The Morgan fingerprint density at radius 2 is 1.54 bits per heavy atom. The van der Waals surface area contributed by atoms with Crippen LogP contribution in [0.4, 0.5) is 0 Å². The molecule has 3 aromatic rings. The summed E-state index contributed by atoms with van der Waals surface area (Å²) in [5, 5.41) is 0.852. The van der Waals surface area contributed by atoms with Gasteiger partial charge in [0.2, 0.25) is 0 Å². The zero-order chi connectivity index (χ0) is 16.7. The number of imide groups is 1. The summed E-state index contributed by atoms with van der Waals surface area (Å²) in [6, 6.07) is 14.3. The molecule has 0 spiro atoms. The number of benzene rings is 2. The maximum absolute atomic E-state index is 12.5. The Labute approximate surface area is 137 Å². The van der Waals surface area contributed by atoms with Gasteiger partial charge in [0.1, 0.15) is 0 Å². The van der Waals surface area contributed by atoms with Crippen molar-refractivity contribution in [2.75, 3.05) is 6.54 Å². The average molecular weight is 318 g/mol. The lowest BCUT2D eigenvalue weighted by atomic mass is 10.1. The van der Waals surface area contributed by atoms with Crippen molar-refractivity contribution in [3.05, 3.63) is 71.4 Å². The maximum atomic E-state index is 12.5. The van der Waals surface area contributed by atoms with Crippen molar-refractivity contribution in [2.24, 2.45) is 0 Å². The van der Waals surface area contributed by atoms with Crippen LogP contribution in [0.5, 0.6) is 0 Å². The Morgan fingerprint density at radius 3 is 2.25 bits per heavy atom. The molecule has 118 valence electrons. The molecule has 5 nitrogen and oxygen atoms in total. The third-order valence-corrected chi connectivity index (χ3v) is 4.33. The third kappa shape index (κ3) is 2.13. The number of rotatable bonds is 4. The van der Waals surface area contributed by atoms with Gasteiger partial charge in [-0.3, -0.25) is 19.3 Å². The van der Waals surface area contributed by atoms with Crippen molar-refractivity contribution < 1.29 is 14.4 Å². The minimum atomic E-state index is -0.331. The Morgan fingerprint density at radius 1 is 0.917 bits per heavy atom. The fraction of sp³-hybridized carbons (Fsp3) is 0.105. The van der Waals surface area contributed by atoms with Gasteiger partial charge in [0.05, 0.1) is 11.1 Å². The number of para-hydroxylation sites is 1. The number of aromatic amines is 1. The van der Waals surface area contributed by atoms with Gasteiger partial charge in [-0.05, 0) is 18.2 Å². The molecule has 1 aliphatic heterocycles. The van der Waals surface area contributed by atoms with Gasteiger partial charge in [-0.2, -0.15) is 0 Å². The van der Waals surface area contributed by atoms with Crippen LogP contribution >= 0.6 is 0 Å². The van der Waals surface area contributed by atoms with E-state index in [4.69, 9.17) is 0 Å². The Bertz CT molecular complexity index is 952. The van der Waals surface area contributed by atoms with Crippen LogP contribution in [0.1, 0.15) is 37.5 Å². The minimum absolute atomic E-state index is 0.0880. The molecule has 0 atom stereocenters. The van der Waals surface area contributed by atoms with Crippen molar-refractivity contribution in [3.8, 4) is 0 Å². The number of carbonyl (C=O) groups excluding carboxylic acids is 3. The van der Waals surface area contributed by atoms with E-state index in [1.165, 1.54) is 0 Å². The smallest absolute Gasteiger partial charge is 0.261 e. The Balaban J connectivity index is 1.53. The molecule has 0 unspecified atom stereocenters. The third-order valence-electron chi connectivity index (χ3n) is 4.33. The number of aromatic nitrogens is 1. The Kier molecular flexibility index (Phi) is 3.27. The highest BCUT2D eigenvalue weighted by Gasteiger charge is 2.35. The van der Waals surface area contributed by atoms with Crippen LogP contribution in [0.2, 0.25) is 0 Å². The lowest BCUT2D eigenvalue weighted by Crippen LogP contribution is -2.31. The van der Waals surface area contributed by atoms with E-state index in [9.17, 15) is 14.4 Å². The number of nitrogens with zero attached hydrogens (tertiary/aromatic N) is 1. The largest absolute Gasteiger partial charge is 0.360 e. The zero-order valence-corrected chi connectivity index (χ0v) is 12.8. The molecule has 0 saturated carbocycles. The van der Waals surface area contributed by atoms with Crippen molar-refractivity contribution in [1.29, 1.82) is 0 Å². The molecule has 0 saturated heterocycles. The highest BCUT2D eigenvalue weighted by molar-refractivity contribution is 6.21. The first-order valence-electron chi connectivity index (χ1n) is 7.71. The highest BCUT2D eigenvalue weighted by atomic mass is 16.2. The molecule has 1 aliphatic rings. The molecule has 4 rings (SSSR count). The summed E-state index contributed by atoms with van der Waals surface area (Å²) < 4.78 is 0. The standard InChI is InChI=1S/C19H14N2O3/c22-17(15-11-20-16-8-4-3-5-12(15)16)9-10-21-18(23)13-6-1-2-7-14(13)19(21)24/h1-8,11,20H,9-10H2. The molecule has 1 N–H and O–H groups in total. The first-order valence-corrected chi connectivity index (χ1v) is 7.71. The van der Waals surface area contributed by atoms with Crippen molar-refractivity contribution in [3.63, 3.8) is 0 Å². The molecule has 1 aromatic heterocycles. The van der Waals surface area contributed by atoms with Crippen LogP contribution in [0, 0.1) is 0 Å². The molecule has 2 heterocycles. The molecule has 0 fully saturated rings. The summed E-state index contributed by atoms with van der Waals surface area (Å²) in [5.41, 5.74) is 2.29. The number of ketones is 1. The number of hydrogen-bond acceptors (Lipinski definition) is 3. The lowest BCUT2D eigenvalue weighted by molar-refractivity contribution is 0.0649.